The number of rotatable bonds is 3. The third kappa shape index (κ3) is 2.81. The Morgan fingerprint density at radius 3 is 2.67 bits per heavy atom. The number of amides is 1. The van der Waals surface area contributed by atoms with Gasteiger partial charge in [0.2, 0.25) is 0 Å². The van der Waals surface area contributed by atoms with Crippen molar-refractivity contribution in [3.8, 4) is 0 Å². The molecular weight excluding hydrogens is 340 g/mol. The van der Waals surface area contributed by atoms with Crippen LogP contribution in [0.2, 0.25) is 0 Å². The first-order chi connectivity index (χ1) is 13.0. The highest BCUT2D eigenvalue weighted by atomic mass is 16.4. The van der Waals surface area contributed by atoms with E-state index < -0.39 is 5.97 Å². The molecule has 3 aromatic rings. The zero-order valence-corrected chi connectivity index (χ0v) is 15.2. The van der Waals surface area contributed by atoms with Crippen LogP contribution < -0.4 is 4.90 Å². The monoisotopic (exact) mass is 360 g/mol. The maximum atomic E-state index is 13.0. The fourth-order valence-electron chi connectivity index (χ4n) is 4.13. The maximum absolute atomic E-state index is 13.0. The number of hydrogen-bond donors (Lipinski definition) is 2. The van der Waals surface area contributed by atoms with E-state index in [0.29, 0.717) is 6.42 Å². The molecule has 0 radical (unpaired) electrons. The minimum absolute atomic E-state index is 0.178. The zero-order chi connectivity index (χ0) is 19.1. The number of carboxylic acids is 1. The van der Waals surface area contributed by atoms with Crippen LogP contribution >= 0.6 is 0 Å². The van der Waals surface area contributed by atoms with Gasteiger partial charge in [0.25, 0.3) is 5.91 Å². The maximum Gasteiger partial charge on any atom is 0.328 e. The molecule has 0 saturated heterocycles. The number of aromatic nitrogens is 1. The zero-order valence-electron chi connectivity index (χ0n) is 15.2. The Morgan fingerprint density at radius 2 is 1.89 bits per heavy atom. The van der Waals surface area contributed by atoms with E-state index in [-0.39, 0.29) is 11.9 Å². The van der Waals surface area contributed by atoms with Crippen LogP contribution in [0.25, 0.3) is 10.9 Å². The van der Waals surface area contributed by atoms with E-state index in [9.17, 15) is 9.59 Å². The van der Waals surface area contributed by atoms with Gasteiger partial charge in [0.1, 0.15) is 0 Å². The molecule has 1 aromatic heterocycles. The van der Waals surface area contributed by atoms with Crippen LogP contribution in [0.15, 0.2) is 54.6 Å². The first kappa shape index (κ1) is 17.1. The second kappa shape index (κ2) is 6.43. The molecule has 2 N–H and O–H groups in total. The number of aliphatic carboxylic acids is 1. The molecule has 1 aliphatic rings. The molecule has 2 aromatic carbocycles. The van der Waals surface area contributed by atoms with E-state index in [0.717, 1.165) is 51.1 Å². The van der Waals surface area contributed by atoms with Crippen molar-refractivity contribution in [1.82, 2.24) is 4.98 Å². The molecule has 4 rings (SSSR count). The number of fused-ring (bicyclic) bond motifs is 2. The first-order valence-corrected chi connectivity index (χ1v) is 8.87. The summed E-state index contributed by atoms with van der Waals surface area (Å²) in [5.74, 6) is -1.45. The second-order valence-electron chi connectivity index (χ2n) is 6.89. The van der Waals surface area contributed by atoms with Crippen molar-refractivity contribution in [2.75, 3.05) is 4.90 Å². The quantitative estimate of drug-likeness (QED) is 0.692. The molecule has 1 aliphatic heterocycles. The summed E-state index contributed by atoms with van der Waals surface area (Å²) in [4.78, 5) is 29.0. The number of benzene rings is 2. The predicted molar refractivity (Wildman–Crippen MR) is 105 cm³/mol. The van der Waals surface area contributed by atoms with Crippen molar-refractivity contribution in [1.29, 1.82) is 0 Å². The van der Waals surface area contributed by atoms with Crippen molar-refractivity contribution < 1.29 is 14.7 Å². The van der Waals surface area contributed by atoms with Gasteiger partial charge in [-0.15, -0.1) is 0 Å². The van der Waals surface area contributed by atoms with Crippen molar-refractivity contribution >= 4 is 28.5 Å². The van der Waals surface area contributed by atoms with Gasteiger partial charge in [-0.2, -0.15) is 0 Å². The lowest BCUT2D eigenvalue weighted by Gasteiger charge is -2.26. The summed E-state index contributed by atoms with van der Waals surface area (Å²) in [6.45, 7) is 3.99. The van der Waals surface area contributed by atoms with E-state index in [2.05, 4.69) is 11.1 Å². The number of carbonyl (C=O) groups excluding carboxylic acids is 1. The number of anilines is 1. The number of nitrogens with one attached hydrogen (secondary N) is 1. The van der Waals surface area contributed by atoms with E-state index in [1.165, 1.54) is 0 Å². The highest BCUT2D eigenvalue weighted by molar-refractivity contribution is 6.07. The minimum atomic E-state index is -1.13. The van der Waals surface area contributed by atoms with Crippen LogP contribution in [0.3, 0.4) is 0 Å². The number of H-pyrrole nitrogens is 1. The van der Waals surface area contributed by atoms with Gasteiger partial charge in [0, 0.05) is 34.3 Å². The van der Waals surface area contributed by atoms with Crippen molar-refractivity contribution in [3.63, 3.8) is 0 Å². The summed E-state index contributed by atoms with van der Waals surface area (Å²) in [5.41, 5.74) is 6.12. The number of aryl methyl sites for hydroxylation is 2. The normalized spacial score (nSPS) is 16.2. The van der Waals surface area contributed by atoms with E-state index in [1.807, 2.05) is 50.2 Å². The topological polar surface area (TPSA) is 73.4 Å². The molecule has 1 unspecified atom stereocenters. The molecule has 2 heterocycles. The summed E-state index contributed by atoms with van der Waals surface area (Å²) in [5, 5.41) is 10.0. The molecule has 5 nitrogen and oxygen atoms in total. The second-order valence-corrected chi connectivity index (χ2v) is 6.89. The van der Waals surface area contributed by atoms with E-state index in [4.69, 9.17) is 5.11 Å². The Bertz CT molecular complexity index is 1090. The van der Waals surface area contributed by atoms with Gasteiger partial charge in [0.15, 0.2) is 0 Å². The summed E-state index contributed by atoms with van der Waals surface area (Å²) in [6, 6.07) is 13.9. The van der Waals surface area contributed by atoms with Gasteiger partial charge in [0.05, 0.1) is 11.7 Å². The number of hydrogen-bond acceptors (Lipinski definition) is 2. The Morgan fingerprint density at radius 1 is 1.11 bits per heavy atom. The molecule has 27 heavy (non-hydrogen) atoms. The van der Waals surface area contributed by atoms with E-state index in [1.54, 1.807) is 4.90 Å². The Kier molecular flexibility index (Phi) is 4.07. The SMILES string of the molecule is Cc1cccc2c1N(C(=O)/C=C\C(=O)O)C(c1c(C)[nH]c3ccccc13)C2. The standard InChI is InChI=1S/C22H20N2O3/c1-13-6-5-7-15-12-18(24(22(13)15)19(25)10-11-20(26)27)21-14(2)23-17-9-4-3-8-16(17)21/h3-11,18,23H,12H2,1-2H3,(H,26,27)/b11-10-. The molecule has 0 fully saturated rings. The van der Waals surface area contributed by atoms with Gasteiger partial charge in [-0.25, -0.2) is 4.79 Å². The van der Waals surface area contributed by atoms with Crippen LogP contribution in [-0.4, -0.2) is 22.0 Å². The van der Waals surface area contributed by atoms with Crippen molar-refractivity contribution in [3.05, 3.63) is 77.0 Å². The minimum Gasteiger partial charge on any atom is -0.478 e. The average molecular weight is 360 g/mol. The summed E-state index contributed by atoms with van der Waals surface area (Å²) < 4.78 is 0. The lowest BCUT2D eigenvalue weighted by molar-refractivity contribution is -0.131. The Balaban J connectivity index is 1.89. The van der Waals surface area contributed by atoms with E-state index >= 15 is 0 Å². The fourth-order valence-corrected chi connectivity index (χ4v) is 4.13. The molecule has 0 saturated carbocycles. The van der Waals surface area contributed by atoms with Crippen molar-refractivity contribution in [2.24, 2.45) is 0 Å². The highest BCUT2D eigenvalue weighted by Gasteiger charge is 2.37. The predicted octanol–water partition coefficient (Wildman–Crippen LogP) is 4.06. The molecule has 0 spiro atoms. The molecular formula is C22H20N2O3. The number of para-hydroxylation sites is 2. The Hall–Kier alpha value is -3.34. The lowest BCUT2D eigenvalue weighted by atomic mass is 9.99. The molecule has 1 amide bonds. The molecule has 1 atom stereocenters. The average Bonchev–Trinajstić information content (AvgIpc) is 3.17. The van der Waals surface area contributed by atoms with Gasteiger partial charge >= 0.3 is 5.97 Å². The lowest BCUT2D eigenvalue weighted by Crippen LogP contribution is -2.31. The molecule has 136 valence electrons. The van der Waals surface area contributed by atoms with Crippen LogP contribution in [0.4, 0.5) is 5.69 Å². The van der Waals surface area contributed by atoms with Gasteiger partial charge in [-0.05, 0) is 37.5 Å². The largest absolute Gasteiger partial charge is 0.478 e. The van der Waals surface area contributed by atoms with Crippen LogP contribution in [0.1, 0.15) is 28.4 Å². The third-order valence-corrected chi connectivity index (χ3v) is 5.17. The molecule has 0 aliphatic carbocycles. The Labute approximate surface area is 156 Å². The number of carbonyl (C=O) groups is 2. The number of aromatic amines is 1. The number of nitrogens with zero attached hydrogens (tertiary/aromatic N) is 1. The van der Waals surface area contributed by atoms with Crippen LogP contribution in [-0.2, 0) is 16.0 Å². The van der Waals surface area contributed by atoms with Crippen LogP contribution in [0, 0.1) is 13.8 Å². The molecule has 0 bridgehead atoms. The molecule has 5 heteroatoms. The fraction of sp³-hybridized carbons (Fsp3) is 0.182. The first-order valence-electron chi connectivity index (χ1n) is 8.87. The number of carboxylic acid groups (broad SMARTS) is 1. The van der Waals surface area contributed by atoms with Crippen molar-refractivity contribution in [2.45, 2.75) is 26.3 Å². The van der Waals surface area contributed by atoms with Gasteiger partial charge in [-0.1, -0.05) is 36.4 Å². The smallest absolute Gasteiger partial charge is 0.328 e. The van der Waals surface area contributed by atoms with Gasteiger partial charge in [-0.3, -0.25) is 4.79 Å². The highest BCUT2D eigenvalue weighted by Crippen LogP contribution is 2.45. The van der Waals surface area contributed by atoms with Gasteiger partial charge < -0.3 is 15.0 Å². The summed E-state index contributed by atoms with van der Waals surface area (Å²) in [7, 11) is 0. The van der Waals surface area contributed by atoms with Crippen LogP contribution in [0.5, 0.6) is 0 Å². The third-order valence-electron chi connectivity index (χ3n) is 5.17. The summed E-state index contributed by atoms with van der Waals surface area (Å²) >= 11 is 0. The summed E-state index contributed by atoms with van der Waals surface area (Å²) in [6.07, 6.45) is 2.74.